The Bertz CT molecular complexity index is 1910. The van der Waals surface area contributed by atoms with Crippen LogP contribution in [0.15, 0.2) is 131 Å². The van der Waals surface area contributed by atoms with Crippen LogP contribution in [-0.2, 0) is 0 Å². The number of fused-ring (bicyclic) bond motifs is 3. The highest BCUT2D eigenvalue weighted by atomic mass is 28.4. The zero-order chi connectivity index (χ0) is 25.1. The van der Waals surface area contributed by atoms with E-state index >= 15 is 0 Å². The molecule has 3 heterocycles. The number of oxazole rings is 3. The predicted molar refractivity (Wildman–Crippen MR) is 139 cm³/mol. The highest BCUT2D eigenvalue weighted by molar-refractivity contribution is 6.89. The molecule has 7 rings (SSSR count). The monoisotopic (exact) mass is 507 g/mol. The average Bonchev–Trinajstić information content (AvgIpc) is 3.56. The molecule has 0 fully saturated rings. The Labute approximate surface area is 207 Å². The van der Waals surface area contributed by atoms with Gasteiger partial charge in [0.15, 0.2) is 16.7 Å². The second-order valence-electron chi connectivity index (χ2n) is 8.51. The van der Waals surface area contributed by atoms with Crippen molar-refractivity contribution in [2.24, 2.45) is 0 Å². The summed E-state index contributed by atoms with van der Waals surface area (Å²) in [4.78, 5) is 41.3. The van der Waals surface area contributed by atoms with Crippen LogP contribution in [0, 0.1) is 0 Å². The Morgan fingerprint density at radius 3 is 1.14 bits per heavy atom. The molecule has 0 radical (unpaired) electrons. The van der Waals surface area contributed by atoms with Crippen molar-refractivity contribution in [2.45, 2.75) is 0 Å². The highest BCUT2D eigenvalue weighted by Gasteiger charge is 2.53. The molecule has 0 N–H and O–H groups in total. The summed E-state index contributed by atoms with van der Waals surface area (Å²) in [5, 5.41) is 0.561. The maximum Gasteiger partial charge on any atom is 0.443 e. The third-order valence-corrected chi connectivity index (χ3v) is 10.8. The largest absolute Gasteiger partial charge is 0.443 e. The molecule has 0 saturated carbocycles. The summed E-state index contributed by atoms with van der Waals surface area (Å²) < 4.78 is 21.3. The van der Waals surface area contributed by atoms with Gasteiger partial charge in [-0.2, -0.15) is 0 Å². The van der Waals surface area contributed by atoms with E-state index in [1.807, 2.05) is 6.07 Å². The summed E-state index contributed by atoms with van der Waals surface area (Å²) in [6.45, 7) is 0. The molecule has 0 unspecified atom stereocenters. The van der Waals surface area contributed by atoms with Gasteiger partial charge in [-0.3, -0.25) is 12.7 Å². The van der Waals surface area contributed by atoms with Gasteiger partial charge in [0.05, 0.1) is 16.6 Å². The minimum absolute atomic E-state index is 0.321. The fraction of sp³-hybridized carbons (Fsp3) is 0. The number of para-hydroxylation sites is 6. The van der Waals surface area contributed by atoms with E-state index in [0.29, 0.717) is 38.5 Å². The summed E-state index contributed by atoms with van der Waals surface area (Å²) in [6.07, 6.45) is 0. The molecule has 0 aliphatic heterocycles. The van der Waals surface area contributed by atoms with Crippen LogP contribution in [0.1, 0.15) is 0 Å². The Balaban J connectivity index is 1.84. The fourth-order valence-electron chi connectivity index (χ4n) is 5.13. The lowest BCUT2D eigenvalue weighted by Gasteiger charge is -2.32. The van der Waals surface area contributed by atoms with Crippen LogP contribution in [-0.4, -0.2) is 21.3 Å². The van der Waals surface area contributed by atoms with Crippen LogP contribution in [0.3, 0.4) is 0 Å². The van der Waals surface area contributed by atoms with Gasteiger partial charge in [-0.15, -0.1) is 0 Å². The van der Waals surface area contributed by atoms with Crippen molar-refractivity contribution in [3.63, 3.8) is 0 Å². The van der Waals surface area contributed by atoms with Gasteiger partial charge in [0, 0.05) is 5.19 Å². The first-order chi connectivity index (χ1) is 18.1. The molecule has 9 nitrogen and oxygen atoms in total. The number of hydrogen-bond acceptors (Lipinski definition) is 6. The van der Waals surface area contributed by atoms with Gasteiger partial charge in [-0.05, 0) is 36.4 Å². The molecular formula is C27H17N3O6Si. The minimum Gasteiger partial charge on any atom is -0.408 e. The lowest BCUT2D eigenvalue weighted by molar-refractivity contribution is 0.521. The molecule has 0 spiro atoms. The molecule has 7 aromatic rings. The summed E-state index contributed by atoms with van der Waals surface area (Å²) >= 11 is 0. The Morgan fingerprint density at radius 1 is 0.432 bits per heavy atom. The number of benzene rings is 4. The van der Waals surface area contributed by atoms with Crippen LogP contribution in [0.2, 0.25) is 0 Å². The number of rotatable bonds is 4. The number of aromatic nitrogens is 3. The van der Waals surface area contributed by atoms with Crippen LogP contribution in [0.25, 0.3) is 33.3 Å². The second kappa shape index (κ2) is 7.70. The van der Waals surface area contributed by atoms with E-state index < -0.39 is 25.8 Å². The highest BCUT2D eigenvalue weighted by Crippen LogP contribution is 2.26. The molecular weight excluding hydrogens is 490 g/mol. The standard InChI is InChI=1S/C27H17N3O6Si/c31-25-28(19-12-4-7-15-22(19)34-25)37(18-10-2-1-3-11-18,29-20-13-5-8-16-23(20)35-26(29)32)30-21-14-6-9-17-24(21)36-27(30)33/h1-17H. The first-order valence-electron chi connectivity index (χ1n) is 11.5. The quantitative estimate of drug-likeness (QED) is 0.339. The van der Waals surface area contributed by atoms with E-state index in [-0.39, 0.29) is 0 Å². The molecule has 0 amide bonds. The van der Waals surface area contributed by atoms with Gasteiger partial charge in [0.25, 0.3) is 0 Å². The maximum atomic E-state index is 13.8. The Morgan fingerprint density at radius 2 is 0.757 bits per heavy atom. The van der Waals surface area contributed by atoms with Gasteiger partial charge in [0.2, 0.25) is 0 Å². The smallest absolute Gasteiger partial charge is 0.408 e. The zero-order valence-corrected chi connectivity index (χ0v) is 20.1. The van der Waals surface area contributed by atoms with Gasteiger partial charge in [0.1, 0.15) is 0 Å². The lowest BCUT2D eigenvalue weighted by Crippen LogP contribution is -2.73. The van der Waals surface area contributed by atoms with Gasteiger partial charge in [-0.25, -0.2) is 14.4 Å². The van der Waals surface area contributed by atoms with Crippen molar-refractivity contribution in [3.8, 4) is 0 Å². The van der Waals surface area contributed by atoms with E-state index in [9.17, 15) is 14.4 Å². The van der Waals surface area contributed by atoms with Gasteiger partial charge >= 0.3 is 25.8 Å². The van der Waals surface area contributed by atoms with Crippen LogP contribution < -0.4 is 22.5 Å². The van der Waals surface area contributed by atoms with Crippen LogP contribution >= 0.6 is 0 Å². The molecule has 0 saturated heterocycles. The predicted octanol–water partition coefficient (Wildman–Crippen LogP) is 3.20. The van der Waals surface area contributed by atoms with E-state index in [1.54, 1.807) is 97.1 Å². The normalized spacial score (nSPS) is 12.1. The summed E-state index contributed by atoms with van der Waals surface area (Å²) in [7, 11) is -4.24. The Hall–Kier alpha value is -5.09. The van der Waals surface area contributed by atoms with Crippen molar-refractivity contribution < 1.29 is 13.3 Å². The molecule has 0 atom stereocenters. The lowest BCUT2D eigenvalue weighted by atomic mass is 10.3. The van der Waals surface area contributed by atoms with Crippen molar-refractivity contribution >= 4 is 47.0 Å². The molecule has 0 bridgehead atoms. The number of nitrogens with zero attached hydrogens (tertiary/aromatic N) is 3. The maximum absolute atomic E-state index is 13.8. The minimum atomic E-state index is -4.24. The third kappa shape index (κ3) is 2.81. The van der Waals surface area contributed by atoms with Crippen molar-refractivity contribution in [1.29, 1.82) is 0 Å². The molecule has 37 heavy (non-hydrogen) atoms. The molecule has 3 aromatic heterocycles. The zero-order valence-electron chi connectivity index (χ0n) is 19.1. The molecule has 0 aliphatic rings. The second-order valence-corrected chi connectivity index (χ2v) is 11.7. The van der Waals surface area contributed by atoms with Crippen LogP contribution in [0.4, 0.5) is 0 Å². The average molecular weight is 508 g/mol. The van der Waals surface area contributed by atoms with Crippen molar-refractivity contribution in [1.82, 2.24) is 12.7 Å². The fourth-order valence-corrected chi connectivity index (χ4v) is 9.61. The summed E-state index contributed by atoms with van der Waals surface area (Å²) in [5.74, 6) is -2.15. The van der Waals surface area contributed by atoms with E-state index in [4.69, 9.17) is 13.3 Å². The van der Waals surface area contributed by atoms with Gasteiger partial charge in [-0.1, -0.05) is 66.7 Å². The van der Waals surface area contributed by atoms with E-state index in [0.717, 1.165) is 0 Å². The molecule has 180 valence electrons. The number of hydrogen-bond donors (Lipinski definition) is 0. The topological polar surface area (TPSA) is 105 Å². The molecule has 10 heteroatoms. The first kappa shape index (κ1) is 21.2. The third-order valence-electron chi connectivity index (χ3n) is 6.55. The van der Waals surface area contributed by atoms with Crippen molar-refractivity contribution in [3.05, 3.63) is 135 Å². The molecule has 4 aromatic carbocycles. The SMILES string of the molecule is O=c1oc2ccccc2n1[Si](c1ccccc1)(n1c(=O)oc2ccccc21)n1c(=O)oc2ccccc21. The van der Waals surface area contributed by atoms with E-state index in [2.05, 4.69) is 0 Å². The van der Waals surface area contributed by atoms with Crippen LogP contribution in [0.5, 0.6) is 0 Å². The van der Waals surface area contributed by atoms with Crippen molar-refractivity contribution in [2.75, 3.05) is 0 Å². The van der Waals surface area contributed by atoms with Gasteiger partial charge < -0.3 is 13.3 Å². The first-order valence-corrected chi connectivity index (χ1v) is 13.3. The Kier molecular flexibility index (Phi) is 4.42. The summed E-state index contributed by atoms with van der Waals surface area (Å²) in [5.41, 5.74) is 2.25. The summed E-state index contributed by atoms with van der Waals surface area (Å²) in [6, 6.07) is 29.8. The molecule has 0 aliphatic carbocycles. The van der Waals surface area contributed by atoms with E-state index in [1.165, 1.54) is 12.7 Å².